The number of aliphatic hydroxyl groups excluding tert-OH is 1. The van der Waals surface area contributed by atoms with Gasteiger partial charge in [-0.05, 0) is 36.6 Å². The predicted octanol–water partition coefficient (Wildman–Crippen LogP) is 2.08. The van der Waals surface area contributed by atoms with Gasteiger partial charge in [-0.3, -0.25) is 4.79 Å². The summed E-state index contributed by atoms with van der Waals surface area (Å²) >= 11 is 1.74. The van der Waals surface area contributed by atoms with Gasteiger partial charge in [0.25, 0.3) is 0 Å². The lowest BCUT2D eigenvalue weighted by Crippen LogP contribution is -2.40. The second kappa shape index (κ2) is 5.76. The maximum atomic E-state index is 12.1. The lowest BCUT2D eigenvalue weighted by molar-refractivity contribution is -0.123. The summed E-state index contributed by atoms with van der Waals surface area (Å²) in [7, 11) is 0. The fourth-order valence-corrected chi connectivity index (χ4v) is 3.44. The van der Waals surface area contributed by atoms with Crippen LogP contribution < -0.4 is 5.32 Å². The molecule has 4 heteroatoms. The molecule has 0 radical (unpaired) electrons. The van der Waals surface area contributed by atoms with Crippen LogP contribution in [0.5, 0.6) is 0 Å². The Labute approximate surface area is 112 Å². The number of aliphatic hydroxyl groups is 1. The van der Waals surface area contributed by atoms with E-state index in [1.165, 1.54) is 0 Å². The van der Waals surface area contributed by atoms with Gasteiger partial charge in [0.05, 0.1) is 11.4 Å². The first kappa shape index (κ1) is 13.4. The van der Waals surface area contributed by atoms with E-state index >= 15 is 0 Å². The molecule has 1 aromatic carbocycles. The number of benzene rings is 1. The summed E-state index contributed by atoms with van der Waals surface area (Å²) in [6, 6.07) is 7.64. The van der Waals surface area contributed by atoms with Crippen LogP contribution in [-0.4, -0.2) is 21.5 Å². The quantitative estimate of drug-likeness (QED) is 0.876. The van der Waals surface area contributed by atoms with E-state index in [-0.39, 0.29) is 17.3 Å². The van der Waals surface area contributed by atoms with E-state index in [0.717, 1.165) is 29.7 Å². The van der Waals surface area contributed by atoms with E-state index in [2.05, 4.69) is 5.32 Å². The van der Waals surface area contributed by atoms with Gasteiger partial charge in [0.1, 0.15) is 0 Å². The van der Waals surface area contributed by atoms with Gasteiger partial charge in [0.2, 0.25) is 5.91 Å². The van der Waals surface area contributed by atoms with E-state index in [1.807, 2.05) is 31.2 Å². The predicted molar refractivity (Wildman–Crippen MR) is 74.3 cm³/mol. The SMILES string of the molecule is CC1(C(=O)NCc2ccccc2CO)CCCS1. The Kier molecular flexibility index (Phi) is 4.30. The summed E-state index contributed by atoms with van der Waals surface area (Å²) in [5, 5.41) is 12.2. The van der Waals surface area contributed by atoms with Crippen molar-refractivity contribution in [1.29, 1.82) is 0 Å². The number of carbonyl (C=O) groups is 1. The average Bonchev–Trinajstić information content (AvgIpc) is 2.84. The smallest absolute Gasteiger partial charge is 0.236 e. The van der Waals surface area contributed by atoms with Crippen molar-refractivity contribution in [2.45, 2.75) is 37.7 Å². The highest BCUT2D eigenvalue weighted by molar-refractivity contribution is 8.01. The minimum Gasteiger partial charge on any atom is -0.392 e. The number of rotatable bonds is 4. The molecule has 1 unspecified atom stereocenters. The van der Waals surface area contributed by atoms with E-state index < -0.39 is 0 Å². The van der Waals surface area contributed by atoms with E-state index in [9.17, 15) is 9.90 Å². The average molecular weight is 265 g/mol. The van der Waals surface area contributed by atoms with Gasteiger partial charge in [-0.15, -0.1) is 11.8 Å². The molecule has 0 spiro atoms. The molecule has 2 N–H and O–H groups in total. The van der Waals surface area contributed by atoms with Crippen LogP contribution in [0.15, 0.2) is 24.3 Å². The van der Waals surface area contributed by atoms with Gasteiger partial charge >= 0.3 is 0 Å². The zero-order valence-electron chi connectivity index (χ0n) is 10.6. The molecule has 1 fully saturated rings. The van der Waals surface area contributed by atoms with Crippen LogP contribution in [0.25, 0.3) is 0 Å². The van der Waals surface area contributed by atoms with Crippen LogP contribution in [0.4, 0.5) is 0 Å². The van der Waals surface area contributed by atoms with Crippen LogP contribution in [0.1, 0.15) is 30.9 Å². The maximum Gasteiger partial charge on any atom is 0.236 e. The molecular formula is C14H19NO2S. The van der Waals surface area contributed by atoms with Crippen molar-refractivity contribution in [3.8, 4) is 0 Å². The highest BCUT2D eigenvalue weighted by atomic mass is 32.2. The van der Waals surface area contributed by atoms with Crippen LogP contribution in [-0.2, 0) is 17.9 Å². The number of carbonyl (C=O) groups excluding carboxylic acids is 1. The van der Waals surface area contributed by atoms with Crippen molar-refractivity contribution in [2.75, 3.05) is 5.75 Å². The van der Waals surface area contributed by atoms with E-state index in [0.29, 0.717) is 6.54 Å². The van der Waals surface area contributed by atoms with Crippen molar-refractivity contribution in [3.05, 3.63) is 35.4 Å². The molecule has 18 heavy (non-hydrogen) atoms. The molecule has 0 aliphatic carbocycles. The van der Waals surface area contributed by atoms with Crippen LogP contribution >= 0.6 is 11.8 Å². The fourth-order valence-electron chi connectivity index (χ4n) is 2.20. The third-order valence-corrected chi connectivity index (χ3v) is 4.95. The summed E-state index contributed by atoms with van der Waals surface area (Å²) < 4.78 is -0.270. The van der Waals surface area contributed by atoms with Crippen molar-refractivity contribution in [2.24, 2.45) is 0 Å². The molecular weight excluding hydrogens is 246 g/mol. The van der Waals surface area contributed by atoms with Crippen LogP contribution in [0, 0.1) is 0 Å². The lowest BCUT2D eigenvalue weighted by atomic mass is 10.0. The van der Waals surface area contributed by atoms with Crippen molar-refractivity contribution < 1.29 is 9.90 Å². The first-order chi connectivity index (χ1) is 8.65. The number of hydrogen-bond donors (Lipinski definition) is 2. The Morgan fingerprint density at radius 1 is 1.44 bits per heavy atom. The van der Waals surface area contributed by atoms with Crippen molar-refractivity contribution >= 4 is 17.7 Å². The summed E-state index contributed by atoms with van der Waals surface area (Å²) in [4.78, 5) is 12.1. The van der Waals surface area contributed by atoms with Crippen LogP contribution in [0.2, 0.25) is 0 Å². The fraction of sp³-hybridized carbons (Fsp3) is 0.500. The van der Waals surface area contributed by atoms with E-state index in [1.54, 1.807) is 11.8 Å². The third-order valence-electron chi connectivity index (χ3n) is 3.43. The first-order valence-electron chi connectivity index (χ1n) is 6.25. The number of thioether (sulfide) groups is 1. The number of hydrogen-bond acceptors (Lipinski definition) is 3. The minimum absolute atomic E-state index is 0.0120. The minimum atomic E-state index is -0.270. The molecule has 1 amide bonds. The first-order valence-corrected chi connectivity index (χ1v) is 7.24. The standard InChI is InChI=1S/C14H19NO2S/c1-14(7-4-8-18-14)13(17)15-9-11-5-2-3-6-12(11)10-16/h2-3,5-6,16H,4,7-10H2,1H3,(H,15,17). The molecule has 1 saturated heterocycles. The Balaban J connectivity index is 1.97. The molecule has 0 saturated carbocycles. The monoisotopic (exact) mass is 265 g/mol. The van der Waals surface area contributed by atoms with Gasteiger partial charge in [0.15, 0.2) is 0 Å². The molecule has 1 atom stereocenters. The van der Waals surface area contributed by atoms with Crippen LogP contribution in [0.3, 0.4) is 0 Å². The Hall–Kier alpha value is -1.00. The summed E-state index contributed by atoms with van der Waals surface area (Å²) in [6.45, 7) is 2.52. The summed E-state index contributed by atoms with van der Waals surface area (Å²) in [5.74, 6) is 1.18. The Morgan fingerprint density at radius 2 is 2.17 bits per heavy atom. The summed E-state index contributed by atoms with van der Waals surface area (Å²) in [6.07, 6.45) is 2.06. The largest absolute Gasteiger partial charge is 0.392 e. The molecule has 2 rings (SSSR count). The molecule has 0 bridgehead atoms. The Morgan fingerprint density at radius 3 is 2.78 bits per heavy atom. The molecule has 3 nitrogen and oxygen atoms in total. The second-order valence-electron chi connectivity index (χ2n) is 4.79. The normalized spacial score (nSPS) is 23.0. The van der Waals surface area contributed by atoms with Crippen molar-refractivity contribution in [1.82, 2.24) is 5.32 Å². The zero-order valence-corrected chi connectivity index (χ0v) is 11.4. The lowest BCUT2D eigenvalue weighted by Gasteiger charge is -2.21. The van der Waals surface area contributed by atoms with Gasteiger partial charge in [-0.25, -0.2) is 0 Å². The molecule has 1 heterocycles. The van der Waals surface area contributed by atoms with Crippen molar-refractivity contribution in [3.63, 3.8) is 0 Å². The number of nitrogens with one attached hydrogen (secondary N) is 1. The highest BCUT2D eigenvalue weighted by Crippen LogP contribution is 2.37. The zero-order chi connectivity index (χ0) is 13.0. The molecule has 0 aromatic heterocycles. The molecule has 1 aromatic rings. The van der Waals surface area contributed by atoms with Gasteiger partial charge in [-0.1, -0.05) is 24.3 Å². The van der Waals surface area contributed by atoms with E-state index in [4.69, 9.17) is 0 Å². The highest BCUT2D eigenvalue weighted by Gasteiger charge is 2.36. The molecule has 1 aliphatic heterocycles. The summed E-state index contributed by atoms with van der Waals surface area (Å²) in [5.41, 5.74) is 1.86. The van der Waals surface area contributed by atoms with Gasteiger partial charge < -0.3 is 10.4 Å². The molecule has 98 valence electrons. The Bertz CT molecular complexity index is 428. The van der Waals surface area contributed by atoms with Gasteiger partial charge in [-0.2, -0.15) is 0 Å². The topological polar surface area (TPSA) is 49.3 Å². The third kappa shape index (κ3) is 2.87. The number of amides is 1. The second-order valence-corrected chi connectivity index (χ2v) is 6.39. The molecule has 1 aliphatic rings. The van der Waals surface area contributed by atoms with Gasteiger partial charge in [0, 0.05) is 6.54 Å². The maximum absolute atomic E-state index is 12.1.